The maximum atomic E-state index is 14.7. The number of morpholine rings is 1. The van der Waals surface area contributed by atoms with Crippen molar-refractivity contribution in [2.75, 3.05) is 77.1 Å². The maximum absolute atomic E-state index is 14.7. The van der Waals surface area contributed by atoms with Gasteiger partial charge in [-0.25, -0.2) is 0 Å². The van der Waals surface area contributed by atoms with E-state index < -0.39 is 22.6 Å². The van der Waals surface area contributed by atoms with Crippen LogP contribution in [0.25, 0.3) is 0 Å². The average Bonchev–Trinajstić information content (AvgIpc) is 3.64. The number of thioether (sulfide) groups is 1. The molecule has 3 amide bonds. The minimum atomic E-state index is -0.730. The molecule has 0 saturated carbocycles. The van der Waals surface area contributed by atoms with E-state index in [2.05, 4.69) is 25.0 Å². The molecule has 45 heavy (non-hydrogen) atoms. The van der Waals surface area contributed by atoms with E-state index in [4.69, 9.17) is 9.47 Å². The highest BCUT2D eigenvalue weighted by Crippen LogP contribution is 2.69. The highest BCUT2D eigenvalue weighted by atomic mass is 32.2. The van der Waals surface area contributed by atoms with E-state index in [-0.39, 0.29) is 42.0 Å². The van der Waals surface area contributed by atoms with Gasteiger partial charge in [0.25, 0.3) is 0 Å². The highest BCUT2D eigenvalue weighted by molar-refractivity contribution is 8.02. The number of likely N-dealkylation sites (tertiary alicyclic amines) is 1. The van der Waals surface area contributed by atoms with Gasteiger partial charge in [-0.1, -0.05) is 19.1 Å². The van der Waals surface area contributed by atoms with Crippen LogP contribution < -0.4 is 9.64 Å². The molecule has 1 aromatic carbocycles. The lowest BCUT2D eigenvalue weighted by molar-refractivity contribution is -0.143. The number of carbonyl (C=O) groups is 3. The van der Waals surface area contributed by atoms with Gasteiger partial charge in [-0.2, -0.15) is 0 Å². The van der Waals surface area contributed by atoms with Crippen molar-refractivity contribution in [2.24, 2.45) is 17.8 Å². The summed E-state index contributed by atoms with van der Waals surface area (Å²) in [7, 11) is 0. The molecule has 4 saturated heterocycles. The van der Waals surface area contributed by atoms with E-state index in [0.717, 1.165) is 25.3 Å². The van der Waals surface area contributed by atoms with Gasteiger partial charge in [0, 0.05) is 63.4 Å². The Bertz CT molecular complexity index is 1240. The fourth-order valence-electron chi connectivity index (χ4n) is 7.79. The largest absolute Gasteiger partial charge is 0.494 e. The van der Waals surface area contributed by atoms with Crippen LogP contribution in [0.15, 0.2) is 49.6 Å². The van der Waals surface area contributed by atoms with Crippen molar-refractivity contribution in [3.8, 4) is 5.75 Å². The van der Waals surface area contributed by atoms with E-state index in [1.54, 1.807) is 33.7 Å². The van der Waals surface area contributed by atoms with Crippen LogP contribution in [-0.4, -0.2) is 126 Å². The Labute approximate surface area is 271 Å². The standard InChI is InChI=1S/C34H48N4O6S/c1-5-13-36(17-16-35-18-21-43-22-19-35)33(42)30-34-24(4)23-27(45-34)28(29(34)32(41)38(30)15-8-20-39)31(40)37(14-6-2)25-9-11-26(12-10-25)44-7-3/h5-6,9-12,24,27-30,39H,1-2,7-8,13-23H2,3-4H3/t24?,27-,28+,29-,30?,34?/m0/s1. The number of aliphatic hydroxyl groups is 1. The van der Waals surface area contributed by atoms with Gasteiger partial charge in [-0.05, 0) is 49.9 Å². The summed E-state index contributed by atoms with van der Waals surface area (Å²) >= 11 is 1.67. The molecule has 3 unspecified atom stereocenters. The molecule has 4 aliphatic heterocycles. The summed E-state index contributed by atoms with van der Waals surface area (Å²) in [6.45, 7) is 17.5. The number of anilines is 1. The molecule has 1 N–H and O–H groups in total. The smallest absolute Gasteiger partial charge is 0.247 e. The summed E-state index contributed by atoms with van der Waals surface area (Å²) in [4.78, 5) is 51.2. The van der Waals surface area contributed by atoms with Crippen molar-refractivity contribution in [1.29, 1.82) is 0 Å². The monoisotopic (exact) mass is 640 g/mol. The van der Waals surface area contributed by atoms with Gasteiger partial charge in [0.05, 0.1) is 36.4 Å². The van der Waals surface area contributed by atoms with Gasteiger partial charge in [-0.3, -0.25) is 19.3 Å². The molecule has 1 aromatic rings. The molecule has 2 bridgehead atoms. The number of amides is 3. The van der Waals surface area contributed by atoms with Crippen LogP contribution >= 0.6 is 11.8 Å². The van der Waals surface area contributed by atoms with Crippen LogP contribution in [0, 0.1) is 17.8 Å². The first-order valence-corrected chi connectivity index (χ1v) is 17.1. The Morgan fingerprint density at radius 2 is 1.84 bits per heavy atom. The van der Waals surface area contributed by atoms with E-state index in [1.165, 1.54) is 0 Å². The fourth-order valence-corrected chi connectivity index (χ4v) is 10.2. The molecule has 11 heteroatoms. The Kier molecular flexibility index (Phi) is 10.9. The third-order valence-electron chi connectivity index (χ3n) is 9.81. The minimum absolute atomic E-state index is 0.0572. The summed E-state index contributed by atoms with van der Waals surface area (Å²) in [6.07, 6.45) is 4.55. The molecule has 4 fully saturated rings. The van der Waals surface area contributed by atoms with Gasteiger partial charge < -0.3 is 29.3 Å². The Hall–Kier alpha value is -2.86. The lowest BCUT2D eigenvalue weighted by Gasteiger charge is -2.41. The molecular formula is C34H48N4O6S. The Morgan fingerprint density at radius 1 is 1.13 bits per heavy atom. The van der Waals surface area contributed by atoms with Crippen LogP contribution in [0.4, 0.5) is 5.69 Å². The van der Waals surface area contributed by atoms with E-state index >= 15 is 0 Å². The van der Waals surface area contributed by atoms with Crippen molar-refractivity contribution in [3.05, 3.63) is 49.6 Å². The van der Waals surface area contributed by atoms with Crippen molar-refractivity contribution in [3.63, 3.8) is 0 Å². The van der Waals surface area contributed by atoms with Crippen molar-refractivity contribution in [1.82, 2.24) is 14.7 Å². The third-order valence-corrected chi connectivity index (χ3v) is 11.9. The molecule has 10 nitrogen and oxygen atoms in total. The van der Waals surface area contributed by atoms with Gasteiger partial charge >= 0.3 is 0 Å². The van der Waals surface area contributed by atoms with Gasteiger partial charge in [0.2, 0.25) is 17.7 Å². The molecule has 6 atom stereocenters. The first-order chi connectivity index (χ1) is 21.8. The molecule has 4 heterocycles. The fraction of sp³-hybridized carbons (Fsp3) is 0.618. The summed E-state index contributed by atoms with van der Waals surface area (Å²) < 4.78 is 10.4. The van der Waals surface area contributed by atoms with Crippen LogP contribution in [0.3, 0.4) is 0 Å². The summed E-state index contributed by atoms with van der Waals surface area (Å²) in [6, 6.07) is 6.70. The maximum Gasteiger partial charge on any atom is 0.247 e. The zero-order chi connectivity index (χ0) is 32.1. The van der Waals surface area contributed by atoms with Crippen LogP contribution in [-0.2, 0) is 19.1 Å². The Balaban J connectivity index is 1.47. The first kappa shape index (κ1) is 33.5. The number of fused-ring (bicyclic) bond motifs is 1. The molecule has 4 aliphatic rings. The van der Waals surface area contributed by atoms with E-state index in [0.29, 0.717) is 58.1 Å². The van der Waals surface area contributed by atoms with Gasteiger partial charge in [0.15, 0.2) is 0 Å². The molecule has 5 rings (SSSR count). The normalized spacial score (nSPS) is 29.0. The van der Waals surface area contributed by atoms with Crippen LogP contribution in [0.1, 0.15) is 26.7 Å². The molecule has 0 aromatic heterocycles. The number of ether oxygens (including phenoxy) is 2. The average molecular weight is 641 g/mol. The molecule has 0 radical (unpaired) electrons. The second-order valence-electron chi connectivity index (χ2n) is 12.4. The highest BCUT2D eigenvalue weighted by Gasteiger charge is 2.76. The molecular weight excluding hydrogens is 592 g/mol. The van der Waals surface area contributed by atoms with Crippen LogP contribution in [0.2, 0.25) is 0 Å². The predicted molar refractivity (Wildman–Crippen MR) is 176 cm³/mol. The summed E-state index contributed by atoms with van der Waals surface area (Å²) in [5.74, 6) is -0.786. The minimum Gasteiger partial charge on any atom is -0.494 e. The third kappa shape index (κ3) is 6.28. The van der Waals surface area contributed by atoms with Gasteiger partial charge in [-0.15, -0.1) is 24.9 Å². The van der Waals surface area contributed by atoms with Crippen molar-refractivity contribution >= 4 is 35.2 Å². The quantitative estimate of drug-likeness (QED) is 0.292. The first-order valence-electron chi connectivity index (χ1n) is 16.3. The van der Waals surface area contributed by atoms with Crippen LogP contribution in [0.5, 0.6) is 5.75 Å². The van der Waals surface area contributed by atoms with Crippen molar-refractivity contribution < 1.29 is 29.0 Å². The number of hydrogen-bond donors (Lipinski definition) is 1. The Morgan fingerprint density at radius 3 is 2.49 bits per heavy atom. The topological polar surface area (TPSA) is 103 Å². The second kappa shape index (κ2) is 14.7. The van der Waals surface area contributed by atoms with Crippen molar-refractivity contribution in [2.45, 2.75) is 42.7 Å². The number of aliphatic hydroxyl groups excluding tert-OH is 1. The van der Waals surface area contributed by atoms with Gasteiger partial charge in [0.1, 0.15) is 11.8 Å². The van der Waals surface area contributed by atoms with E-state index in [9.17, 15) is 19.5 Å². The molecule has 1 spiro atoms. The molecule has 0 aliphatic carbocycles. The number of nitrogens with zero attached hydrogens (tertiary/aromatic N) is 4. The number of benzene rings is 1. The zero-order valence-corrected chi connectivity index (χ0v) is 27.5. The predicted octanol–water partition coefficient (Wildman–Crippen LogP) is 2.67. The van der Waals surface area contributed by atoms with E-state index in [1.807, 2.05) is 36.1 Å². The number of rotatable bonds is 15. The lowest BCUT2D eigenvalue weighted by atomic mass is 9.65. The summed E-state index contributed by atoms with van der Waals surface area (Å²) in [5, 5.41) is 9.67. The number of hydrogen-bond acceptors (Lipinski definition) is 8. The lowest BCUT2D eigenvalue weighted by Crippen LogP contribution is -2.58. The zero-order valence-electron chi connectivity index (χ0n) is 26.6. The second-order valence-corrected chi connectivity index (χ2v) is 13.9. The summed E-state index contributed by atoms with van der Waals surface area (Å²) in [5.41, 5.74) is 0.716. The number of carbonyl (C=O) groups excluding carboxylic acids is 3. The molecule has 246 valence electrons. The SMILES string of the molecule is C=CCN(CCN1CCOCC1)C(=O)C1N(CCCO)C(=O)[C@@H]2[C@H](C(=O)N(CC=C)c3ccc(OCC)cc3)[C@@H]3CC(C)C12S3.